The molecule has 0 radical (unpaired) electrons. The van der Waals surface area contributed by atoms with Gasteiger partial charge in [-0.25, -0.2) is 17.2 Å². The molecule has 0 saturated heterocycles. The minimum Gasteiger partial charge on any atom is -0.457 e. The summed E-state index contributed by atoms with van der Waals surface area (Å²) in [6, 6.07) is 9.30. The minimum atomic E-state index is -3.56. The van der Waals surface area contributed by atoms with Crippen molar-refractivity contribution in [3.8, 4) is 0 Å². The van der Waals surface area contributed by atoms with Crippen molar-refractivity contribution >= 4 is 27.6 Å². The third kappa shape index (κ3) is 5.72. The number of hydrogen-bond acceptors (Lipinski definition) is 6. The molecule has 7 nitrogen and oxygen atoms in total. The van der Waals surface area contributed by atoms with E-state index in [2.05, 4.69) is 9.71 Å². The number of hydrogen-bond donors (Lipinski definition) is 1. The van der Waals surface area contributed by atoms with Crippen LogP contribution in [0.2, 0.25) is 0 Å². The van der Waals surface area contributed by atoms with Crippen molar-refractivity contribution in [1.82, 2.24) is 4.72 Å². The Hall–Kier alpha value is -3.14. The number of carbonyl (C=O) groups excluding carboxylic acids is 2. The normalized spacial score (nSPS) is 15.4. The van der Waals surface area contributed by atoms with Crippen LogP contribution in [-0.2, 0) is 19.6 Å². The lowest BCUT2D eigenvalue weighted by Gasteiger charge is -2.05. The van der Waals surface area contributed by atoms with Gasteiger partial charge < -0.3 is 4.74 Å². The number of rotatable bonds is 9. The van der Waals surface area contributed by atoms with Crippen molar-refractivity contribution < 1.29 is 31.5 Å². The second-order valence-corrected chi connectivity index (χ2v) is 8.51. The van der Waals surface area contributed by atoms with Crippen LogP contribution in [0.5, 0.6) is 0 Å². The predicted molar refractivity (Wildman–Crippen MR) is 108 cm³/mol. The van der Waals surface area contributed by atoms with Gasteiger partial charge >= 0.3 is 5.97 Å². The average Bonchev–Trinajstić information content (AvgIpc) is 3.01. The molecule has 2 aromatic carbocycles. The van der Waals surface area contributed by atoms with Crippen molar-refractivity contribution in [3.05, 3.63) is 65.2 Å². The first-order chi connectivity index (χ1) is 14.8. The standard InChI is InChI=1S/C21H20F2N2O5S/c22-16-10-9-14(12-17(16)23)18(26)13-30-20(27)8-2-1-5-11-24-21-15-6-3-4-7-19(15)31(28,29)25-21/h3-4,6-7,9-10,12H,1-2,5,8,11,13H2,(H,24,25). The topological polar surface area (TPSA) is 102 Å². The smallest absolute Gasteiger partial charge is 0.306 e. The first-order valence-electron chi connectivity index (χ1n) is 9.58. The van der Waals surface area contributed by atoms with E-state index in [0.29, 0.717) is 37.2 Å². The highest BCUT2D eigenvalue weighted by Gasteiger charge is 2.29. The zero-order chi connectivity index (χ0) is 22.4. The molecular formula is C21H20F2N2O5S. The fraction of sp³-hybridized carbons (Fsp3) is 0.286. The summed E-state index contributed by atoms with van der Waals surface area (Å²) in [6.07, 6.45) is 1.88. The monoisotopic (exact) mass is 450 g/mol. The van der Waals surface area contributed by atoms with Gasteiger partial charge in [-0.05, 0) is 43.2 Å². The molecule has 0 bridgehead atoms. The molecule has 0 fully saturated rings. The maximum atomic E-state index is 13.1. The molecular weight excluding hydrogens is 430 g/mol. The lowest BCUT2D eigenvalue weighted by Crippen LogP contribution is -2.22. The van der Waals surface area contributed by atoms with E-state index < -0.39 is 40.0 Å². The SMILES string of the molecule is O=C(CCCCCN=C1NS(=O)(=O)c2ccccc21)OCC(=O)c1ccc(F)c(F)c1. The van der Waals surface area contributed by atoms with E-state index in [9.17, 15) is 26.8 Å². The van der Waals surface area contributed by atoms with Gasteiger partial charge in [0.2, 0.25) is 0 Å². The highest BCUT2D eigenvalue weighted by molar-refractivity contribution is 7.90. The first kappa shape index (κ1) is 22.5. The van der Waals surface area contributed by atoms with Crippen molar-refractivity contribution in [2.75, 3.05) is 13.2 Å². The molecule has 0 saturated carbocycles. The lowest BCUT2D eigenvalue weighted by molar-refractivity contribution is -0.142. The fourth-order valence-electron chi connectivity index (χ4n) is 2.97. The molecule has 0 atom stereocenters. The summed E-state index contributed by atoms with van der Waals surface area (Å²) in [6.45, 7) is -0.160. The Balaban J connectivity index is 1.36. The highest BCUT2D eigenvalue weighted by atomic mass is 32.2. The molecule has 0 amide bonds. The van der Waals surface area contributed by atoms with E-state index in [1.54, 1.807) is 18.2 Å². The third-order valence-corrected chi connectivity index (χ3v) is 5.97. The van der Waals surface area contributed by atoms with E-state index in [1.165, 1.54) is 6.07 Å². The number of benzene rings is 2. The van der Waals surface area contributed by atoms with E-state index in [1.807, 2.05) is 0 Å². The molecule has 0 aliphatic carbocycles. The molecule has 0 unspecified atom stereocenters. The number of aliphatic imine (C=N–C) groups is 1. The second kappa shape index (κ2) is 9.78. The van der Waals surface area contributed by atoms with Crippen molar-refractivity contribution in [2.24, 2.45) is 4.99 Å². The zero-order valence-corrected chi connectivity index (χ0v) is 17.3. The van der Waals surface area contributed by atoms with Gasteiger partial charge in [-0.2, -0.15) is 0 Å². The molecule has 10 heteroatoms. The van der Waals surface area contributed by atoms with Gasteiger partial charge in [0.1, 0.15) is 5.84 Å². The van der Waals surface area contributed by atoms with Crippen LogP contribution in [0.4, 0.5) is 8.78 Å². The van der Waals surface area contributed by atoms with E-state index >= 15 is 0 Å². The van der Waals surface area contributed by atoms with Crippen LogP contribution in [0.3, 0.4) is 0 Å². The number of ether oxygens (including phenoxy) is 1. The second-order valence-electron chi connectivity index (χ2n) is 6.86. The number of ketones is 1. The average molecular weight is 450 g/mol. The number of halogens is 2. The molecule has 2 aromatic rings. The summed E-state index contributed by atoms with van der Waals surface area (Å²) in [5.74, 6) is -3.09. The van der Waals surface area contributed by atoms with Crippen LogP contribution < -0.4 is 4.72 Å². The summed E-state index contributed by atoms with van der Waals surface area (Å²) in [4.78, 5) is 28.1. The van der Waals surface area contributed by atoms with Gasteiger partial charge in [0.25, 0.3) is 10.0 Å². The van der Waals surface area contributed by atoms with Crippen LogP contribution in [-0.4, -0.2) is 39.2 Å². The molecule has 0 aromatic heterocycles. The van der Waals surface area contributed by atoms with Crippen LogP contribution in [0.15, 0.2) is 52.4 Å². The van der Waals surface area contributed by atoms with E-state index in [0.717, 1.165) is 18.2 Å². The van der Waals surface area contributed by atoms with Gasteiger partial charge in [-0.3, -0.25) is 19.3 Å². The predicted octanol–water partition coefficient (Wildman–Crippen LogP) is 2.99. The van der Waals surface area contributed by atoms with Crippen LogP contribution >= 0.6 is 0 Å². The van der Waals surface area contributed by atoms with Crippen molar-refractivity contribution in [3.63, 3.8) is 0 Å². The number of Topliss-reactive ketones (excluding diaryl/α,β-unsaturated/α-hetero) is 1. The number of amidine groups is 1. The van der Waals surface area contributed by atoms with E-state index in [-0.39, 0.29) is 16.9 Å². The van der Waals surface area contributed by atoms with Gasteiger partial charge in [-0.1, -0.05) is 18.6 Å². The first-order valence-corrected chi connectivity index (χ1v) is 11.1. The Bertz CT molecular complexity index is 1130. The molecule has 1 aliphatic rings. The maximum absolute atomic E-state index is 13.1. The van der Waals surface area contributed by atoms with Gasteiger partial charge in [0, 0.05) is 24.1 Å². The number of unbranched alkanes of at least 4 members (excludes halogenated alkanes) is 2. The Morgan fingerprint density at radius 3 is 2.55 bits per heavy atom. The Morgan fingerprint density at radius 2 is 1.77 bits per heavy atom. The van der Waals surface area contributed by atoms with Gasteiger partial charge in [0.15, 0.2) is 24.0 Å². The zero-order valence-electron chi connectivity index (χ0n) is 16.4. The Labute approximate surface area is 178 Å². The molecule has 3 rings (SSSR count). The fourth-order valence-corrected chi connectivity index (χ4v) is 4.22. The number of nitrogens with zero attached hydrogens (tertiary/aromatic N) is 1. The van der Waals surface area contributed by atoms with Gasteiger partial charge in [0.05, 0.1) is 4.90 Å². The summed E-state index contributed by atoms with van der Waals surface area (Å²) < 4.78 is 57.3. The lowest BCUT2D eigenvalue weighted by atomic mass is 10.1. The molecule has 1 heterocycles. The van der Waals surface area contributed by atoms with Crippen LogP contribution in [0.25, 0.3) is 0 Å². The number of sulfonamides is 1. The molecule has 0 spiro atoms. The number of carbonyl (C=O) groups is 2. The summed E-state index contributed by atoms with van der Waals surface area (Å²) in [5.41, 5.74) is 0.465. The molecule has 31 heavy (non-hydrogen) atoms. The Morgan fingerprint density at radius 1 is 1.00 bits per heavy atom. The van der Waals surface area contributed by atoms with Crippen LogP contribution in [0, 0.1) is 11.6 Å². The molecule has 1 aliphatic heterocycles. The summed E-state index contributed by atoms with van der Waals surface area (Å²) in [5, 5.41) is 0. The van der Waals surface area contributed by atoms with E-state index in [4.69, 9.17) is 4.74 Å². The summed E-state index contributed by atoms with van der Waals surface area (Å²) >= 11 is 0. The molecule has 1 N–H and O–H groups in total. The summed E-state index contributed by atoms with van der Waals surface area (Å²) in [7, 11) is -3.56. The third-order valence-electron chi connectivity index (χ3n) is 4.58. The quantitative estimate of drug-likeness (QED) is 0.360. The minimum absolute atomic E-state index is 0.0741. The number of nitrogens with one attached hydrogen (secondary N) is 1. The molecule has 164 valence electrons. The van der Waals surface area contributed by atoms with Crippen LogP contribution in [0.1, 0.15) is 41.6 Å². The number of esters is 1. The maximum Gasteiger partial charge on any atom is 0.306 e. The van der Waals surface area contributed by atoms with Crippen molar-refractivity contribution in [1.29, 1.82) is 0 Å². The van der Waals surface area contributed by atoms with Crippen molar-refractivity contribution in [2.45, 2.75) is 30.6 Å². The Kier molecular flexibility index (Phi) is 7.11. The number of fused-ring (bicyclic) bond motifs is 1. The highest BCUT2D eigenvalue weighted by Crippen LogP contribution is 2.22. The van der Waals surface area contributed by atoms with Gasteiger partial charge in [-0.15, -0.1) is 0 Å². The largest absolute Gasteiger partial charge is 0.457 e.